The number of hydrogen-bond acceptors (Lipinski definition) is 11. The molecule has 2 aromatic heterocycles. The second kappa shape index (κ2) is 17.2. The topological polar surface area (TPSA) is 156 Å². The van der Waals surface area contributed by atoms with Crippen molar-refractivity contribution in [1.82, 2.24) is 19.9 Å². The summed E-state index contributed by atoms with van der Waals surface area (Å²) in [6.07, 6.45) is 7.30. The summed E-state index contributed by atoms with van der Waals surface area (Å²) < 4.78 is 33.6. The molecule has 4 rings (SSSR count). The first kappa shape index (κ1) is 39.9. The van der Waals surface area contributed by atoms with E-state index in [4.69, 9.17) is 44.1 Å². The number of anilines is 2. The molecule has 0 saturated heterocycles. The van der Waals surface area contributed by atoms with Gasteiger partial charge in [-0.1, -0.05) is 70.1 Å². The molecule has 0 aliphatic carbocycles. The number of hydrogen-bond donors (Lipinski definition) is 2. The molecule has 0 spiro atoms. The van der Waals surface area contributed by atoms with Crippen molar-refractivity contribution in [2.24, 2.45) is 0 Å². The summed E-state index contributed by atoms with van der Waals surface area (Å²) in [5, 5.41) is 1.50. The smallest absolute Gasteiger partial charge is 0.248 e. The van der Waals surface area contributed by atoms with Crippen molar-refractivity contribution >= 4 is 56.4 Å². The minimum atomic E-state index is -3.49. The lowest BCUT2D eigenvalue weighted by Gasteiger charge is -2.16. The second-order valence-electron chi connectivity index (χ2n) is 11.1. The number of methoxy groups -OCH3 is 2. The van der Waals surface area contributed by atoms with E-state index in [2.05, 4.69) is 47.6 Å². The van der Waals surface area contributed by atoms with Gasteiger partial charge in [-0.25, -0.2) is 28.4 Å². The minimum Gasteiger partial charge on any atom is -0.495 e. The van der Waals surface area contributed by atoms with E-state index in [1.54, 1.807) is 20.4 Å². The lowest BCUT2D eigenvalue weighted by Crippen LogP contribution is -2.09. The van der Waals surface area contributed by atoms with Crippen molar-refractivity contribution in [3.63, 3.8) is 0 Å². The van der Waals surface area contributed by atoms with E-state index in [1.807, 2.05) is 30.5 Å². The molecule has 0 saturated carbocycles. The lowest BCUT2D eigenvalue weighted by molar-refractivity contribution is 0.414. The second-order valence-corrected chi connectivity index (χ2v) is 14.6. The van der Waals surface area contributed by atoms with Crippen LogP contribution in [0.5, 0.6) is 11.5 Å². The number of aromatic nitrogens is 4. The molecule has 4 aromatic rings. The Balaban J connectivity index is 0.000000321. The van der Waals surface area contributed by atoms with Crippen molar-refractivity contribution in [3.8, 4) is 11.5 Å². The van der Waals surface area contributed by atoms with E-state index in [-0.39, 0.29) is 24.3 Å². The molecule has 2 heterocycles. The Bertz CT molecular complexity index is 1800. The molecule has 0 unspecified atom stereocenters. The number of benzene rings is 2. The maximum atomic E-state index is 11.5. The van der Waals surface area contributed by atoms with Gasteiger partial charge in [-0.2, -0.15) is 0 Å². The summed E-state index contributed by atoms with van der Waals surface area (Å²) in [7, 11) is -0.299. The van der Waals surface area contributed by atoms with Crippen molar-refractivity contribution in [1.29, 1.82) is 0 Å². The predicted molar refractivity (Wildman–Crippen MR) is 194 cm³/mol. The van der Waals surface area contributed by atoms with Crippen LogP contribution in [-0.4, -0.2) is 55.1 Å². The summed E-state index contributed by atoms with van der Waals surface area (Å²) in [4.78, 5) is 16.4. The highest BCUT2D eigenvalue weighted by Gasteiger charge is 2.18. The third kappa shape index (κ3) is 10.3. The lowest BCUT2D eigenvalue weighted by atomic mass is 9.93. The number of nitrogen functional groups attached to an aromatic ring is 2. The first-order chi connectivity index (χ1) is 21.6. The standard InChI is InChI=1S/C16H20ClN3O3S.C16H20ClN3OS.CH4/c1-9(2)12-7-14(23-3)13(17)6-10(12)5-11-8-19-16(20-15(11)18)24(4,21)22;1-9(2)12-7-14(21-3)13(17)6-10(12)5-11-8-19-16(22-4)20-15(11)18;/h6-9H,5H2,1-4H3,(H2,18,19,20);6-9H,5H2,1-4H3,(H2,18,19,20);1H4. The molecule has 0 atom stereocenters. The number of sulfone groups is 1. The third-order valence-corrected chi connectivity index (χ3v) is 9.11. The summed E-state index contributed by atoms with van der Waals surface area (Å²) in [6, 6.07) is 7.68. The minimum absolute atomic E-state index is 0. The quantitative estimate of drug-likeness (QED) is 0.123. The fourth-order valence-electron chi connectivity index (χ4n) is 4.68. The molecule has 4 N–H and O–H groups in total. The van der Waals surface area contributed by atoms with Crippen LogP contribution in [0, 0.1) is 0 Å². The van der Waals surface area contributed by atoms with Crippen LogP contribution in [0.1, 0.15) is 80.3 Å². The van der Waals surface area contributed by atoms with E-state index in [0.29, 0.717) is 56.8 Å². The number of halogens is 2. The monoisotopic (exact) mass is 722 g/mol. The molecule has 0 amide bonds. The molecule has 0 aliphatic rings. The SMILES string of the molecule is C.COc1cc(C(C)C)c(Cc2cnc(S(C)(=O)=O)nc2N)cc1Cl.COc1cc(C(C)C)c(Cc2cnc(SC)nc2N)cc1Cl. The Morgan fingerprint density at radius 3 is 1.53 bits per heavy atom. The van der Waals surface area contributed by atoms with Crippen LogP contribution in [0.4, 0.5) is 11.6 Å². The molecule has 10 nitrogen and oxygen atoms in total. The van der Waals surface area contributed by atoms with Gasteiger partial charge in [0.2, 0.25) is 15.0 Å². The maximum Gasteiger partial charge on any atom is 0.248 e. The molecule has 0 aliphatic heterocycles. The molecular formula is C33H44Cl2N6O4S2. The van der Waals surface area contributed by atoms with Crippen LogP contribution in [-0.2, 0) is 22.7 Å². The average Bonchev–Trinajstić information content (AvgIpc) is 2.98. The molecule has 2 aromatic carbocycles. The summed E-state index contributed by atoms with van der Waals surface area (Å²) in [5.74, 6) is 2.57. The highest BCUT2D eigenvalue weighted by molar-refractivity contribution is 7.98. The summed E-state index contributed by atoms with van der Waals surface area (Å²) in [6.45, 7) is 8.42. The highest BCUT2D eigenvalue weighted by atomic mass is 35.5. The first-order valence-corrected chi connectivity index (χ1v) is 18.2. The Morgan fingerprint density at radius 2 is 1.19 bits per heavy atom. The van der Waals surface area contributed by atoms with Gasteiger partial charge in [0, 0.05) is 42.6 Å². The van der Waals surface area contributed by atoms with Crippen molar-refractivity contribution in [2.45, 2.75) is 70.1 Å². The number of rotatable bonds is 10. The highest BCUT2D eigenvalue weighted by Crippen LogP contribution is 2.35. The molecule has 256 valence electrons. The Kier molecular flexibility index (Phi) is 14.6. The van der Waals surface area contributed by atoms with E-state index in [9.17, 15) is 8.42 Å². The van der Waals surface area contributed by atoms with Gasteiger partial charge in [0.05, 0.1) is 24.3 Å². The summed E-state index contributed by atoms with van der Waals surface area (Å²) >= 11 is 14.0. The Morgan fingerprint density at radius 1 is 0.766 bits per heavy atom. The van der Waals surface area contributed by atoms with E-state index in [1.165, 1.54) is 23.5 Å². The van der Waals surface area contributed by atoms with Gasteiger partial charge in [-0.05, 0) is 64.6 Å². The van der Waals surface area contributed by atoms with Crippen LogP contribution in [0.2, 0.25) is 10.0 Å². The van der Waals surface area contributed by atoms with Crippen LogP contribution in [0.3, 0.4) is 0 Å². The molecule has 0 radical (unpaired) electrons. The number of nitrogens with zero attached hydrogens (tertiary/aromatic N) is 4. The van der Waals surface area contributed by atoms with Gasteiger partial charge >= 0.3 is 0 Å². The van der Waals surface area contributed by atoms with Crippen molar-refractivity contribution in [3.05, 3.63) is 80.1 Å². The molecule has 0 fully saturated rings. The number of thioether (sulfide) groups is 1. The average molecular weight is 724 g/mol. The van der Waals surface area contributed by atoms with Gasteiger partial charge in [0.1, 0.15) is 23.1 Å². The van der Waals surface area contributed by atoms with Crippen LogP contribution in [0.15, 0.2) is 47.0 Å². The van der Waals surface area contributed by atoms with Gasteiger partial charge in [-0.15, -0.1) is 0 Å². The first-order valence-electron chi connectivity index (χ1n) is 14.3. The maximum absolute atomic E-state index is 11.5. The normalized spacial score (nSPS) is 11.1. The van der Waals surface area contributed by atoms with Gasteiger partial charge in [0.15, 0.2) is 5.16 Å². The molecule has 14 heteroatoms. The zero-order chi connectivity index (χ0) is 34.3. The Hall–Kier alpha value is -3.32. The zero-order valence-electron chi connectivity index (χ0n) is 27.2. The fourth-order valence-corrected chi connectivity index (χ4v) is 6.06. The third-order valence-electron chi connectivity index (χ3n) is 7.10. The van der Waals surface area contributed by atoms with Gasteiger partial charge < -0.3 is 20.9 Å². The van der Waals surface area contributed by atoms with Crippen molar-refractivity contribution in [2.75, 3.05) is 38.2 Å². The molecule has 0 bridgehead atoms. The fraction of sp³-hybridized carbons (Fsp3) is 0.394. The van der Waals surface area contributed by atoms with E-state index in [0.717, 1.165) is 28.5 Å². The van der Waals surface area contributed by atoms with Crippen molar-refractivity contribution < 1.29 is 17.9 Å². The van der Waals surface area contributed by atoms with Crippen LogP contribution >= 0.6 is 35.0 Å². The van der Waals surface area contributed by atoms with Crippen LogP contribution in [0.25, 0.3) is 0 Å². The van der Waals surface area contributed by atoms with Gasteiger partial charge in [-0.3, -0.25) is 0 Å². The number of ether oxygens (including phenoxy) is 2. The van der Waals surface area contributed by atoms with Gasteiger partial charge in [0.25, 0.3) is 0 Å². The molecular weight excluding hydrogens is 679 g/mol. The van der Waals surface area contributed by atoms with E-state index < -0.39 is 9.84 Å². The predicted octanol–water partition coefficient (Wildman–Crippen LogP) is 7.63. The zero-order valence-corrected chi connectivity index (χ0v) is 30.3. The largest absolute Gasteiger partial charge is 0.495 e. The number of nitrogens with two attached hydrogens (primary N) is 2. The van der Waals surface area contributed by atoms with Crippen LogP contribution < -0.4 is 20.9 Å². The molecule has 47 heavy (non-hydrogen) atoms. The Labute approximate surface area is 292 Å². The summed E-state index contributed by atoms with van der Waals surface area (Å²) in [5.41, 5.74) is 17.9. The van der Waals surface area contributed by atoms with E-state index >= 15 is 0 Å².